The molecule has 4 atom stereocenters. The lowest BCUT2D eigenvalue weighted by atomic mass is 9.89. The van der Waals surface area contributed by atoms with Gasteiger partial charge < -0.3 is 10.0 Å². The third kappa shape index (κ3) is 2.03. The Labute approximate surface area is 118 Å². The van der Waals surface area contributed by atoms with Gasteiger partial charge in [-0.3, -0.25) is 9.59 Å². The third-order valence-corrected chi connectivity index (χ3v) is 7.12. The normalized spacial score (nSPS) is 38.9. The van der Waals surface area contributed by atoms with Crippen LogP contribution in [-0.4, -0.2) is 53.4 Å². The second-order valence-electron chi connectivity index (χ2n) is 6.08. The lowest BCUT2D eigenvalue weighted by Gasteiger charge is -2.29. The fraction of sp³-hybridized carbons (Fsp3) is 0.846. The topological polar surface area (TPSA) is 91.8 Å². The van der Waals surface area contributed by atoms with Gasteiger partial charge in [0.05, 0.1) is 11.7 Å². The largest absolute Gasteiger partial charge is 0.481 e. The van der Waals surface area contributed by atoms with E-state index in [2.05, 4.69) is 0 Å². The zero-order valence-electron chi connectivity index (χ0n) is 11.2. The van der Waals surface area contributed by atoms with Gasteiger partial charge in [0.15, 0.2) is 9.84 Å². The van der Waals surface area contributed by atoms with E-state index in [4.69, 9.17) is 0 Å². The van der Waals surface area contributed by atoms with Crippen LogP contribution in [0.2, 0.25) is 0 Å². The predicted octanol–water partition coefficient (Wildman–Crippen LogP) is 0.418. The molecule has 0 radical (unpaired) electrons. The molecule has 112 valence electrons. The summed E-state index contributed by atoms with van der Waals surface area (Å²) in [6, 6.07) is -0.382. The van der Waals surface area contributed by atoms with Crippen LogP contribution < -0.4 is 0 Å². The molecular formula is C13H19NO5S. The number of sulfone groups is 1. The Bertz CT molecular complexity index is 543. The summed E-state index contributed by atoms with van der Waals surface area (Å²) in [5.41, 5.74) is 0. The molecule has 2 bridgehead atoms. The minimum Gasteiger partial charge on any atom is -0.481 e. The molecule has 3 aliphatic heterocycles. The molecule has 0 spiro atoms. The second kappa shape index (κ2) is 4.72. The van der Waals surface area contributed by atoms with Gasteiger partial charge in [0, 0.05) is 12.1 Å². The van der Waals surface area contributed by atoms with Crippen molar-refractivity contribution in [1.29, 1.82) is 0 Å². The minimum absolute atomic E-state index is 0.0780. The highest BCUT2D eigenvalue weighted by atomic mass is 32.2. The Balaban J connectivity index is 1.83. The van der Waals surface area contributed by atoms with E-state index in [1.165, 1.54) is 0 Å². The predicted molar refractivity (Wildman–Crippen MR) is 70.8 cm³/mol. The highest BCUT2D eigenvalue weighted by Gasteiger charge is 2.53. The van der Waals surface area contributed by atoms with Crippen LogP contribution >= 0.6 is 0 Å². The molecule has 7 heteroatoms. The number of nitrogens with zero attached hydrogens (tertiary/aromatic N) is 1. The molecule has 0 aromatic heterocycles. The van der Waals surface area contributed by atoms with Crippen LogP contribution in [0.15, 0.2) is 0 Å². The first kappa shape index (κ1) is 13.9. The van der Waals surface area contributed by atoms with Gasteiger partial charge in [0.25, 0.3) is 0 Å². The molecule has 3 aliphatic rings. The standard InChI is InChI=1S/C13H19NO5S/c15-12(11-3-1-2-6-20(11,18)19)14-8-4-5-10(14)9(7-8)13(16)17/h8-11H,1-7H2,(H,16,17). The Morgan fingerprint density at radius 3 is 2.45 bits per heavy atom. The Morgan fingerprint density at radius 1 is 1.10 bits per heavy atom. The molecule has 1 amide bonds. The highest BCUT2D eigenvalue weighted by Crippen LogP contribution is 2.43. The summed E-state index contributed by atoms with van der Waals surface area (Å²) in [5.74, 6) is -1.67. The van der Waals surface area contributed by atoms with Gasteiger partial charge in [-0.15, -0.1) is 0 Å². The number of amides is 1. The van der Waals surface area contributed by atoms with Crippen LogP contribution in [0.4, 0.5) is 0 Å². The van der Waals surface area contributed by atoms with E-state index in [0.29, 0.717) is 25.7 Å². The molecule has 4 unspecified atom stereocenters. The van der Waals surface area contributed by atoms with Crippen LogP contribution in [-0.2, 0) is 19.4 Å². The first-order valence-corrected chi connectivity index (χ1v) is 8.90. The summed E-state index contributed by atoms with van der Waals surface area (Å²) in [6.45, 7) is 0. The van der Waals surface area contributed by atoms with E-state index < -0.39 is 27.0 Å². The molecule has 0 aliphatic carbocycles. The molecule has 3 rings (SSSR count). The van der Waals surface area contributed by atoms with Crippen LogP contribution in [0.3, 0.4) is 0 Å². The number of carboxylic acids is 1. The fourth-order valence-corrected chi connectivity index (χ4v) is 5.84. The van der Waals surface area contributed by atoms with Crippen LogP contribution in [0.1, 0.15) is 38.5 Å². The fourth-order valence-electron chi connectivity index (χ4n) is 4.00. The average molecular weight is 301 g/mol. The van der Waals surface area contributed by atoms with Crippen molar-refractivity contribution in [2.45, 2.75) is 55.9 Å². The maximum absolute atomic E-state index is 12.6. The highest BCUT2D eigenvalue weighted by molar-refractivity contribution is 7.92. The smallest absolute Gasteiger partial charge is 0.308 e. The molecule has 3 saturated heterocycles. The van der Waals surface area contributed by atoms with Crippen molar-refractivity contribution in [1.82, 2.24) is 4.90 Å². The first-order chi connectivity index (χ1) is 9.42. The van der Waals surface area contributed by atoms with Crippen LogP contribution in [0.5, 0.6) is 0 Å². The molecule has 20 heavy (non-hydrogen) atoms. The van der Waals surface area contributed by atoms with Crippen molar-refractivity contribution in [3.63, 3.8) is 0 Å². The second-order valence-corrected chi connectivity index (χ2v) is 8.38. The van der Waals surface area contributed by atoms with Gasteiger partial charge in [0.1, 0.15) is 5.25 Å². The summed E-state index contributed by atoms with van der Waals surface area (Å²) < 4.78 is 24.1. The van der Waals surface area contributed by atoms with Gasteiger partial charge in [-0.25, -0.2) is 8.42 Å². The number of aliphatic carboxylic acids is 1. The number of hydrogen-bond donors (Lipinski definition) is 1. The van der Waals surface area contributed by atoms with Crippen molar-refractivity contribution in [3.05, 3.63) is 0 Å². The Hall–Kier alpha value is -1.11. The van der Waals surface area contributed by atoms with E-state index in [1.807, 2.05) is 0 Å². The third-order valence-electron chi connectivity index (χ3n) is 4.96. The van der Waals surface area contributed by atoms with Gasteiger partial charge in [0.2, 0.25) is 5.91 Å². The SMILES string of the molecule is O=C(O)C1CC2CCC1N2C(=O)C1CCCCS1(=O)=O. The molecular weight excluding hydrogens is 282 g/mol. The Kier molecular flexibility index (Phi) is 3.27. The number of rotatable bonds is 2. The Morgan fingerprint density at radius 2 is 1.85 bits per heavy atom. The molecule has 1 N–H and O–H groups in total. The zero-order chi connectivity index (χ0) is 14.5. The summed E-state index contributed by atoms with van der Waals surface area (Å²) in [5, 5.41) is 8.25. The quantitative estimate of drug-likeness (QED) is 0.798. The molecule has 0 aromatic rings. The van der Waals surface area contributed by atoms with Crippen LogP contribution in [0, 0.1) is 5.92 Å². The summed E-state index contributed by atoms with van der Waals surface area (Å²) in [6.07, 6.45) is 3.71. The van der Waals surface area contributed by atoms with E-state index in [1.54, 1.807) is 4.90 Å². The minimum atomic E-state index is -3.36. The van der Waals surface area contributed by atoms with Gasteiger partial charge >= 0.3 is 5.97 Å². The van der Waals surface area contributed by atoms with Crippen molar-refractivity contribution in [2.75, 3.05) is 5.75 Å². The van der Waals surface area contributed by atoms with E-state index in [9.17, 15) is 23.1 Å². The summed E-state index contributed by atoms with van der Waals surface area (Å²) >= 11 is 0. The van der Waals surface area contributed by atoms with Crippen molar-refractivity contribution >= 4 is 21.7 Å². The average Bonchev–Trinajstić information content (AvgIpc) is 2.94. The van der Waals surface area contributed by atoms with Gasteiger partial charge in [-0.1, -0.05) is 6.42 Å². The van der Waals surface area contributed by atoms with E-state index in [0.717, 1.165) is 12.8 Å². The molecule has 0 aromatic carbocycles. The first-order valence-electron chi connectivity index (χ1n) is 7.18. The van der Waals surface area contributed by atoms with Crippen LogP contribution in [0.25, 0.3) is 0 Å². The lowest BCUT2D eigenvalue weighted by molar-refractivity contribution is -0.143. The summed E-state index contributed by atoms with van der Waals surface area (Å²) in [7, 11) is -3.36. The number of hydrogen-bond acceptors (Lipinski definition) is 4. The van der Waals surface area contributed by atoms with Crippen molar-refractivity contribution in [2.24, 2.45) is 5.92 Å². The monoisotopic (exact) mass is 301 g/mol. The van der Waals surface area contributed by atoms with E-state index >= 15 is 0 Å². The zero-order valence-corrected chi connectivity index (χ0v) is 12.0. The number of fused-ring (bicyclic) bond motifs is 2. The lowest BCUT2D eigenvalue weighted by Crippen LogP contribution is -2.48. The van der Waals surface area contributed by atoms with Gasteiger partial charge in [-0.05, 0) is 32.1 Å². The molecule has 0 saturated carbocycles. The van der Waals surface area contributed by atoms with Crippen molar-refractivity contribution < 1.29 is 23.1 Å². The molecule has 6 nitrogen and oxygen atoms in total. The number of carbonyl (C=O) groups is 2. The maximum Gasteiger partial charge on any atom is 0.308 e. The van der Waals surface area contributed by atoms with Gasteiger partial charge in [-0.2, -0.15) is 0 Å². The molecule has 3 fully saturated rings. The van der Waals surface area contributed by atoms with E-state index in [-0.39, 0.29) is 23.7 Å². The number of carboxylic acid groups (broad SMARTS) is 1. The molecule has 3 heterocycles. The summed E-state index contributed by atoms with van der Waals surface area (Å²) in [4.78, 5) is 25.4. The van der Waals surface area contributed by atoms with Crippen molar-refractivity contribution in [3.8, 4) is 0 Å². The maximum atomic E-state index is 12.6. The number of carbonyl (C=O) groups excluding carboxylic acids is 1.